The van der Waals surface area contributed by atoms with Crippen molar-refractivity contribution in [2.45, 2.75) is 40.0 Å². The quantitative estimate of drug-likeness (QED) is 0.147. The molecule has 0 spiro atoms. The highest BCUT2D eigenvalue weighted by Crippen LogP contribution is 2.16. The summed E-state index contributed by atoms with van der Waals surface area (Å²) < 4.78 is 0. The van der Waals surface area contributed by atoms with Crippen LogP contribution in [-0.4, -0.2) is 18.6 Å². The van der Waals surface area contributed by atoms with Crippen LogP contribution in [0.25, 0.3) is 0 Å². The van der Waals surface area contributed by atoms with Gasteiger partial charge in [0.15, 0.2) is 0 Å². The summed E-state index contributed by atoms with van der Waals surface area (Å²) in [6, 6.07) is 17.8. The largest absolute Gasteiger partial charge is 0.384 e. The molecular weight excluding hydrogens is 418 g/mol. The number of nitrogen functional groups attached to an aromatic ring is 1. The molecule has 0 aromatic heterocycles. The van der Waals surface area contributed by atoms with Gasteiger partial charge < -0.3 is 16.4 Å². The Morgan fingerprint density at radius 3 is 2.24 bits per heavy atom. The van der Waals surface area contributed by atoms with Gasteiger partial charge >= 0.3 is 0 Å². The molecule has 0 aliphatic rings. The summed E-state index contributed by atoms with van der Waals surface area (Å²) in [6.45, 7) is 15.2. The predicted octanol–water partition coefficient (Wildman–Crippen LogP) is 6.58. The number of anilines is 1. The Morgan fingerprint density at radius 2 is 1.62 bits per heavy atom. The van der Waals surface area contributed by atoms with E-state index in [1.807, 2.05) is 49.5 Å². The average molecular weight is 458 g/mol. The number of nitrogens with one attached hydrogen (secondary N) is 3. The maximum absolute atomic E-state index is 7.47. The Labute approximate surface area is 205 Å². The van der Waals surface area contributed by atoms with E-state index in [1.54, 1.807) is 0 Å². The lowest BCUT2D eigenvalue weighted by molar-refractivity contribution is 0.850. The fourth-order valence-electron chi connectivity index (χ4n) is 3.11. The molecule has 5 N–H and O–H groups in total. The first-order valence-electron chi connectivity index (χ1n) is 11.1. The lowest BCUT2D eigenvalue weighted by Gasteiger charge is -2.14. The highest BCUT2D eigenvalue weighted by molar-refractivity contribution is 5.95. The number of benzene rings is 2. The maximum atomic E-state index is 7.47. The van der Waals surface area contributed by atoms with E-state index in [0.29, 0.717) is 12.1 Å². The molecule has 0 radical (unpaired) electrons. The second-order valence-corrected chi connectivity index (χ2v) is 7.82. The van der Waals surface area contributed by atoms with Crippen molar-refractivity contribution in [3.05, 3.63) is 114 Å². The van der Waals surface area contributed by atoms with Crippen LogP contribution >= 0.6 is 0 Å². The molecular formula is C29H39N5. The van der Waals surface area contributed by atoms with Gasteiger partial charge in [-0.2, -0.15) is 0 Å². The maximum Gasteiger partial charge on any atom is 0.122 e. The van der Waals surface area contributed by atoms with Gasteiger partial charge in [0.2, 0.25) is 0 Å². The summed E-state index contributed by atoms with van der Waals surface area (Å²) in [7, 11) is 0. The zero-order valence-electron chi connectivity index (χ0n) is 19.5. The Kier molecular flexibility index (Phi) is 12.5. The number of nitrogens with zero attached hydrogens (tertiary/aromatic N) is 1. The molecule has 0 aliphatic heterocycles. The molecule has 34 heavy (non-hydrogen) atoms. The first kappa shape index (κ1) is 28.2. The normalized spacial score (nSPS) is 10.9. The van der Waals surface area contributed by atoms with Crippen molar-refractivity contribution in [3.8, 4) is 0 Å². The fourth-order valence-corrected chi connectivity index (χ4v) is 3.11. The molecule has 5 heteroatoms. The number of hydrogen-bond acceptors (Lipinski definition) is 4. The Balaban J connectivity index is 0.00000578. The van der Waals surface area contributed by atoms with Crippen molar-refractivity contribution >= 4 is 17.7 Å². The number of nitrogens with two attached hydrogens (primary N) is 1. The summed E-state index contributed by atoms with van der Waals surface area (Å²) in [6.07, 6.45) is 7.16. The lowest BCUT2D eigenvalue weighted by atomic mass is 10.0. The summed E-state index contributed by atoms with van der Waals surface area (Å²) in [5, 5.41) is 14.1. The highest BCUT2D eigenvalue weighted by atomic mass is 14.9. The molecule has 0 atom stereocenters. The van der Waals surface area contributed by atoms with Crippen LogP contribution in [0.5, 0.6) is 0 Å². The van der Waals surface area contributed by atoms with Crippen LogP contribution in [0.15, 0.2) is 108 Å². The van der Waals surface area contributed by atoms with E-state index in [0.717, 1.165) is 54.0 Å². The van der Waals surface area contributed by atoms with Gasteiger partial charge in [-0.15, -0.1) is 0 Å². The second-order valence-electron chi connectivity index (χ2n) is 7.82. The number of amidine groups is 1. The molecule has 0 heterocycles. The summed E-state index contributed by atoms with van der Waals surface area (Å²) in [5.41, 5.74) is 12.1. The molecule has 2 aromatic carbocycles. The Hall–Kier alpha value is -3.86. The standard InChI is InChI=1S/C28H35N5.CH4/c1-5-31-20-27(19-21(2)11-14-24-9-7-6-8-10-24)33-23(4)13-12-22(3)32-26-17-15-25(16-18-26)28(29)30;/h6-10,15-20,32-33H,2-5,11-14H2,1H3,(H3,29,30);1H4/b27-19+,31-20?;. The van der Waals surface area contributed by atoms with Gasteiger partial charge in [-0.1, -0.05) is 63.1 Å². The summed E-state index contributed by atoms with van der Waals surface area (Å²) >= 11 is 0. The highest BCUT2D eigenvalue weighted by Gasteiger charge is 2.03. The number of hydrogen-bond donors (Lipinski definition) is 4. The van der Waals surface area contributed by atoms with Gasteiger partial charge in [0, 0.05) is 35.4 Å². The van der Waals surface area contributed by atoms with E-state index in [4.69, 9.17) is 11.1 Å². The SMILES string of the molecule is C.C=C(/C=C(\C=NCC)NC(=C)CCC(=C)Nc1ccc(C(=N)N)cc1)CCc1ccccc1. The van der Waals surface area contributed by atoms with Crippen molar-refractivity contribution < 1.29 is 0 Å². The van der Waals surface area contributed by atoms with E-state index < -0.39 is 0 Å². The van der Waals surface area contributed by atoms with Crippen LogP contribution < -0.4 is 16.4 Å². The molecule has 0 aliphatic carbocycles. The number of allylic oxidation sites excluding steroid dienone is 5. The molecule has 0 bridgehead atoms. The predicted molar refractivity (Wildman–Crippen MR) is 149 cm³/mol. The van der Waals surface area contributed by atoms with Crippen molar-refractivity contribution in [1.29, 1.82) is 5.41 Å². The van der Waals surface area contributed by atoms with Crippen molar-refractivity contribution in [1.82, 2.24) is 5.32 Å². The van der Waals surface area contributed by atoms with Crippen LogP contribution in [0.2, 0.25) is 0 Å². The third-order valence-corrected chi connectivity index (χ3v) is 4.92. The third-order valence-electron chi connectivity index (χ3n) is 4.92. The smallest absolute Gasteiger partial charge is 0.122 e. The minimum Gasteiger partial charge on any atom is -0.384 e. The number of aliphatic imine (C=N–C) groups is 1. The second kappa shape index (κ2) is 15.1. The van der Waals surface area contributed by atoms with Gasteiger partial charge in [-0.3, -0.25) is 10.4 Å². The first-order valence-corrected chi connectivity index (χ1v) is 11.1. The van der Waals surface area contributed by atoms with E-state index in [1.165, 1.54) is 5.56 Å². The lowest BCUT2D eigenvalue weighted by Crippen LogP contribution is -2.14. The Bertz CT molecular complexity index is 1010. The van der Waals surface area contributed by atoms with E-state index in [2.05, 4.69) is 59.6 Å². The molecule has 0 saturated heterocycles. The minimum absolute atomic E-state index is 0. The van der Waals surface area contributed by atoms with E-state index >= 15 is 0 Å². The van der Waals surface area contributed by atoms with Crippen molar-refractivity contribution in [3.63, 3.8) is 0 Å². The molecule has 0 fully saturated rings. The zero-order chi connectivity index (χ0) is 24.1. The topological polar surface area (TPSA) is 86.3 Å². The van der Waals surface area contributed by atoms with Crippen LogP contribution in [0.3, 0.4) is 0 Å². The van der Waals surface area contributed by atoms with Crippen LogP contribution in [0.1, 0.15) is 44.7 Å². The third kappa shape index (κ3) is 10.6. The average Bonchev–Trinajstić information content (AvgIpc) is 2.81. The minimum atomic E-state index is 0. The van der Waals surface area contributed by atoms with Crippen molar-refractivity contribution in [2.24, 2.45) is 10.7 Å². The first-order chi connectivity index (χ1) is 15.9. The number of aryl methyl sites for hydroxylation is 1. The molecule has 2 rings (SSSR count). The molecule has 2 aromatic rings. The summed E-state index contributed by atoms with van der Waals surface area (Å²) in [5.74, 6) is 0.0565. The molecule has 0 amide bonds. The van der Waals surface area contributed by atoms with E-state index in [-0.39, 0.29) is 13.3 Å². The van der Waals surface area contributed by atoms with Crippen LogP contribution in [0, 0.1) is 5.41 Å². The van der Waals surface area contributed by atoms with Gasteiger partial charge in [-0.25, -0.2) is 0 Å². The van der Waals surface area contributed by atoms with Crippen molar-refractivity contribution in [2.75, 3.05) is 11.9 Å². The summed E-state index contributed by atoms with van der Waals surface area (Å²) in [4.78, 5) is 4.38. The number of rotatable bonds is 14. The van der Waals surface area contributed by atoms with Gasteiger partial charge in [0.1, 0.15) is 5.84 Å². The monoisotopic (exact) mass is 457 g/mol. The van der Waals surface area contributed by atoms with Crippen LogP contribution in [-0.2, 0) is 6.42 Å². The molecule has 0 saturated carbocycles. The molecule has 5 nitrogen and oxygen atoms in total. The van der Waals surface area contributed by atoms with E-state index in [9.17, 15) is 0 Å². The van der Waals surface area contributed by atoms with Gasteiger partial charge in [0.25, 0.3) is 0 Å². The van der Waals surface area contributed by atoms with Crippen LogP contribution in [0.4, 0.5) is 5.69 Å². The van der Waals surface area contributed by atoms with Gasteiger partial charge in [-0.05, 0) is 68.5 Å². The van der Waals surface area contributed by atoms with Gasteiger partial charge in [0.05, 0.1) is 5.70 Å². The zero-order valence-corrected chi connectivity index (χ0v) is 19.5. The Morgan fingerprint density at radius 1 is 0.971 bits per heavy atom. The fraction of sp³-hybridized carbons (Fsp3) is 0.241. The molecule has 180 valence electrons. The molecule has 0 unspecified atom stereocenters.